The number of esters is 1. The highest BCUT2D eigenvalue weighted by molar-refractivity contribution is 5.69. The number of rotatable bonds is 17. The average molecular weight is 538 g/mol. The van der Waals surface area contributed by atoms with Gasteiger partial charge in [-0.25, -0.2) is 0 Å². The molecule has 1 unspecified atom stereocenters. The van der Waals surface area contributed by atoms with Crippen molar-refractivity contribution in [1.29, 1.82) is 0 Å². The summed E-state index contributed by atoms with van der Waals surface area (Å²) in [4.78, 5) is 12.1. The second-order valence-corrected chi connectivity index (χ2v) is 10.1. The van der Waals surface area contributed by atoms with Crippen LogP contribution in [0.3, 0.4) is 0 Å². The summed E-state index contributed by atoms with van der Waals surface area (Å²) in [5.41, 5.74) is 0. The van der Waals surface area contributed by atoms with Gasteiger partial charge in [-0.3, -0.25) is 4.79 Å². The predicted molar refractivity (Wildman–Crippen MR) is 125 cm³/mol. The van der Waals surface area contributed by atoms with Crippen molar-refractivity contribution in [2.45, 2.75) is 135 Å². The molecule has 1 saturated heterocycles. The summed E-state index contributed by atoms with van der Waals surface area (Å²) in [7, 11) is 4.56. The molecule has 180 valence electrons. The van der Waals surface area contributed by atoms with Crippen LogP contribution >= 0.6 is 0 Å². The normalized spacial score (nSPS) is 18.4. The minimum absolute atomic E-state index is 0. The molecule has 1 fully saturated rings. The van der Waals surface area contributed by atoms with Crippen LogP contribution in [0, 0.1) is 0 Å². The van der Waals surface area contributed by atoms with Gasteiger partial charge in [0, 0.05) is 19.3 Å². The van der Waals surface area contributed by atoms with Crippen molar-refractivity contribution < 1.29 is 38.0 Å². The zero-order valence-electron chi connectivity index (χ0n) is 20.6. The van der Waals surface area contributed by atoms with Gasteiger partial charge in [0.25, 0.3) is 0 Å². The Kier molecular flexibility index (Phi) is 19.9. The number of hydrogen-bond donors (Lipinski definition) is 0. The number of hydrogen-bond acceptors (Lipinski definition) is 2. The first kappa shape index (κ1) is 30.2. The van der Waals surface area contributed by atoms with E-state index in [1.165, 1.54) is 103 Å². The molecule has 30 heavy (non-hydrogen) atoms. The molecule has 1 atom stereocenters. The lowest BCUT2D eigenvalue weighted by atomic mass is 10.0. The van der Waals surface area contributed by atoms with Gasteiger partial charge >= 0.3 is 5.97 Å². The van der Waals surface area contributed by atoms with Gasteiger partial charge in [0.05, 0.1) is 27.2 Å². The zero-order valence-corrected chi connectivity index (χ0v) is 22.7. The third-order valence-electron chi connectivity index (χ3n) is 6.63. The summed E-state index contributed by atoms with van der Waals surface area (Å²) >= 11 is 0. The van der Waals surface area contributed by atoms with Gasteiger partial charge in [-0.05, 0) is 12.8 Å². The van der Waals surface area contributed by atoms with E-state index >= 15 is 0 Å². The SMILES string of the molecule is CCCCCCCCCCCCCCCCCC(=O)OC1CCC[N+](C)(C)CC1.[I-]. The standard InChI is InChI=1S/C26H52NO2.HI/c1-4-5-6-7-8-9-10-11-12-13-14-15-16-17-18-21-26(28)29-25-20-19-23-27(2,3)24-22-25;/h25H,4-24H2,1-3H3;1H/q+1;/p-1. The highest BCUT2D eigenvalue weighted by Gasteiger charge is 2.25. The van der Waals surface area contributed by atoms with Crippen LogP contribution in [-0.4, -0.2) is 43.7 Å². The number of unbranched alkanes of at least 4 members (excludes halogenated alkanes) is 14. The molecule has 0 amide bonds. The number of likely N-dealkylation sites (tertiary alicyclic amines) is 1. The molecular formula is C26H52INO2. The maximum atomic E-state index is 12.1. The summed E-state index contributed by atoms with van der Waals surface area (Å²) in [6, 6.07) is 0. The molecule has 0 aromatic rings. The maximum absolute atomic E-state index is 12.1. The molecule has 0 aliphatic carbocycles. The maximum Gasteiger partial charge on any atom is 0.306 e. The summed E-state index contributed by atoms with van der Waals surface area (Å²) in [5.74, 6) is 0.0388. The molecule has 0 N–H and O–H groups in total. The van der Waals surface area contributed by atoms with Crippen molar-refractivity contribution in [3.05, 3.63) is 0 Å². The highest BCUT2D eigenvalue weighted by Crippen LogP contribution is 2.18. The number of nitrogens with zero attached hydrogens (tertiary/aromatic N) is 1. The Labute approximate surface area is 205 Å². The monoisotopic (exact) mass is 537 g/mol. The summed E-state index contributed by atoms with van der Waals surface area (Å²) in [6.45, 7) is 4.61. The van der Waals surface area contributed by atoms with Gasteiger partial charge in [0.1, 0.15) is 6.10 Å². The van der Waals surface area contributed by atoms with Crippen LogP contribution < -0.4 is 24.0 Å². The van der Waals surface area contributed by atoms with Gasteiger partial charge in [-0.1, -0.05) is 96.8 Å². The lowest BCUT2D eigenvalue weighted by molar-refractivity contribution is -0.889. The molecule has 0 spiro atoms. The molecule has 3 nitrogen and oxygen atoms in total. The summed E-state index contributed by atoms with van der Waals surface area (Å²) in [5, 5.41) is 0. The first-order valence-electron chi connectivity index (χ1n) is 13.0. The summed E-state index contributed by atoms with van der Waals surface area (Å²) in [6.07, 6.45) is 24.4. The quantitative estimate of drug-likeness (QED) is 0.119. The molecule has 1 aliphatic heterocycles. The Morgan fingerprint density at radius 1 is 0.733 bits per heavy atom. The number of halogens is 1. The van der Waals surface area contributed by atoms with E-state index < -0.39 is 0 Å². The number of carbonyl (C=O) groups is 1. The van der Waals surface area contributed by atoms with E-state index in [9.17, 15) is 4.79 Å². The molecule has 0 aromatic heterocycles. The summed E-state index contributed by atoms with van der Waals surface area (Å²) < 4.78 is 6.80. The molecule has 4 heteroatoms. The lowest BCUT2D eigenvalue weighted by Gasteiger charge is -2.27. The Bertz CT molecular complexity index is 400. The van der Waals surface area contributed by atoms with Gasteiger partial charge in [-0.15, -0.1) is 0 Å². The van der Waals surface area contributed by atoms with E-state index in [0.29, 0.717) is 6.42 Å². The van der Waals surface area contributed by atoms with Gasteiger partial charge in [-0.2, -0.15) is 0 Å². The molecule has 0 saturated carbocycles. The number of quaternary nitrogens is 1. The van der Waals surface area contributed by atoms with E-state index in [0.717, 1.165) is 30.3 Å². The Balaban J connectivity index is 0.00000841. The Morgan fingerprint density at radius 2 is 1.20 bits per heavy atom. The molecule has 0 bridgehead atoms. The van der Waals surface area contributed by atoms with E-state index in [4.69, 9.17) is 4.74 Å². The highest BCUT2D eigenvalue weighted by atomic mass is 127. The molecule has 1 heterocycles. The van der Waals surface area contributed by atoms with E-state index in [-0.39, 0.29) is 36.0 Å². The minimum atomic E-state index is 0. The molecule has 1 rings (SSSR count). The lowest BCUT2D eigenvalue weighted by Crippen LogP contribution is -3.00. The van der Waals surface area contributed by atoms with Crippen molar-refractivity contribution in [1.82, 2.24) is 0 Å². The first-order chi connectivity index (χ1) is 14.0. The van der Waals surface area contributed by atoms with Crippen molar-refractivity contribution >= 4 is 5.97 Å². The second-order valence-electron chi connectivity index (χ2n) is 10.1. The first-order valence-corrected chi connectivity index (χ1v) is 13.0. The molecule has 0 radical (unpaired) electrons. The third kappa shape index (κ3) is 17.8. The zero-order chi connectivity index (χ0) is 21.2. The van der Waals surface area contributed by atoms with Crippen LogP contribution in [0.4, 0.5) is 0 Å². The van der Waals surface area contributed by atoms with Crippen molar-refractivity contribution in [2.24, 2.45) is 0 Å². The third-order valence-corrected chi connectivity index (χ3v) is 6.63. The van der Waals surface area contributed by atoms with Crippen LogP contribution in [0.25, 0.3) is 0 Å². The average Bonchev–Trinajstić information content (AvgIpc) is 2.85. The van der Waals surface area contributed by atoms with Crippen LogP contribution in [0.15, 0.2) is 0 Å². The molecular weight excluding hydrogens is 485 g/mol. The van der Waals surface area contributed by atoms with E-state index in [1.807, 2.05) is 0 Å². The predicted octanol–water partition coefficient (Wildman–Crippen LogP) is 4.42. The van der Waals surface area contributed by atoms with Gasteiger partial charge < -0.3 is 33.2 Å². The van der Waals surface area contributed by atoms with Gasteiger partial charge in [0.2, 0.25) is 0 Å². The van der Waals surface area contributed by atoms with E-state index in [1.54, 1.807) is 0 Å². The Morgan fingerprint density at radius 3 is 1.70 bits per heavy atom. The van der Waals surface area contributed by atoms with Crippen molar-refractivity contribution in [3.63, 3.8) is 0 Å². The topological polar surface area (TPSA) is 26.3 Å². The fourth-order valence-corrected chi connectivity index (χ4v) is 4.50. The largest absolute Gasteiger partial charge is 1.00 e. The second kappa shape index (κ2) is 19.8. The Hall–Kier alpha value is 0.160. The van der Waals surface area contributed by atoms with Gasteiger partial charge in [0.15, 0.2) is 0 Å². The van der Waals surface area contributed by atoms with Crippen LogP contribution in [0.2, 0.25) is 0 Å². The van der Waals surface area contributed by atoms with Crippen molar-refractivity contribution in [3.8, 4) is 0 Å². The minimum Gasteiger partial charge on any atom is -1.00 e. The molecule has 1 aliphatic rings. The number of carbonyl (C=O) groups excluding carboxylic acids is 1. The fourth-order valence-electron chi connectivity index (χ4n) is 4.50. The van der Waals surface area contributed by atoms with Crippen molar-refractivity contribution in [2.75, 3.05) is 27.2 Å². The van der Waals surface area contributed by atoms with Crippen LogP contribution in [0.5, 0.6) is 0 Å². The number of ether oxygens (including phenoxy) is 1. The van der Waals surface area contributed by atoms with Crippen LogP contribution in [0.1, 0.15) is 129 Å². The van der Waals surface area contributed by atoms with Crippen LogP contribution in [-0.2, 0) is 9.53 Å². The van der Waals surface area contributed by atoms with E-state index in [2.05, 4.69) is 21.0 Å². The smallest absolute Gasteiger partial charge is 0.306 e. The molecule has 0 aromatic carbocycles. The fraction of sp³-hybridized carbons (Fsp3) is 0.962.